The molecule has 4 aromatic rings. The lowest BCUT2D eigenvalue weighted by molar-refractivity contribution is -0.274. The Bertz CT molecular complexity index is 2370. The van der Waals surface area contributed by atoms with E-state index in [0.717, 1.165) is 28.8 Å². The van der Waals surface area contributed by atoms with Gasteiger partial charge in [0.05, 0.1) is 41.0 Å². The van der Waals surface area contributed by atoms with Crippen LogP contribution in [0.3, 0.4) is 0 Å². The number of halogens is 5. The second-order valence-electron chi connectivity index (χ2n) is 14.7. The number of hydrogen-bond donors (Lipinski definition) is 3. The normalized spacial score (nSPS) is 25.3. The molecule has 58 heavy (non-hydrogen) atoms. The molecular formula is C42H34Cl2F3N3O8. The van der Waals surface area contributed by atoms with E-state index in [4.69, 9.17) is 27.9 Å². The van der Waals surface area contributed by atoms with Crippen LogP contribution < -0.4 is 14.9 Å². The van der Waals surface area contributed by atoms with Gasteiger partial charge in [0.2, 0.25) is 11.8 Å². The van der Waals surface area contributed by atoms with Crippen LogP contribution in [0.15, 0.2) is 96.6 Å². The number of nitrogens with zero attached hydrogens (tertiary/aromatic N) is 2. The van der Waals surface area contributed by atoms with Crippen LogP contribution in [0.2, 0.25) is 10.0 Å². The number of rotatable bonds is 9. The number of allylic oxidation sites excluding steroid dienone is 2. The third-order valence-corrected chi connectivity index (χ3v) is 12.3. The molecule has 1 saturated carbocycles. The number of benzene rings is 4. The minimum Gasteiger partial charge on any atom is -0.508 e. The fraction of sp³-hybridized carbons (Fsp3) is 0.286. The molecule has 11 nitrogen and oxygen atoms in total. The Morgan fingerprint density at radius 1 is 0.862 bits per heavy atom. The molecule has 16 heteroatoms. The standard InChI is InChI=1S/C42H34Cl2F3N3O8/c1-57-25-9-4-22(5-10-25)41-31(38(54)50(40(41)56)48-33-14-6-23(43)18-32(33)44)20-29-27(36(41)30-19-26(11-15-34(30)52)58-42(45,46)47)12-13-28-35(29)39(55)49(37(28)53)17-16-21-2-7-24(51)8-3-21/h2-12,14-15,18-19,28-29,31,35-36,48,51-52H,13,16-17,20H2,1H3/t28-,29+,31-,35-,36+,41+/m0/s1. The van der Waals surface area contributed by atoms with Gasteiger partial charge >= 0.3 is 6.36 Å². The Labute approximate surface area is 339 Å². The van der Waals surface area contributed by atoms with Crippen LogP contribution in [0.1, 0.15) is 35.4 Å². The van der Waals surface area contributed by atoms with Crippen molar-refractivity contribution in [3.63, 3.8) is 0 Å². The van der Waals surface area contributed by atoms with Crippen LogP contribution in [-0.2, 0) is 31.0 Å². The number of hydrazine groups is 1. The zero-order valence-corrected chi connectivity index (χ0v) is 32.0. The molecule has 8 rings (SSSR count). The Balaban J connectivity index is 1.30. The molecule has 2 aliphatic carbocycles. The zero-order valence-electron chi connectivity index (χ0n) is 30.5. The van der Waals surface area contributed by atoms with E-state index in [1.54, 1.807) is 42.5 Å². The third-order valence-electron chi connectivity index (χ3n) is 11.8. The Hall–Kier alpha value is -5.73. The summed E-state index contributed by atoms with van der Waals surface area (Å²) in [4.78, 5) is 60.0. The first kappa shape index (κ1) is 39.1. The van der Waals surface area contributed by atoms with Gasteiger partial charge in [0.1, 0.15) is 23.0 Å². The van der Waals surface area contributed by atoms with Crippen molar-refractivity contribution >= 4 is 52.5 Å². The summed E-state index contributed by atoms with van der Waals surface area (Å²) in [5, 5.41) is 22.5. The van der Waals surface area contributed by atoms with Gasteiger partial charge in [-0.15, -0.1) is 13.2 Å². The van der Waals surface area contributed by atoms with Gasteiger partial charge in [-0.1, -0.05) is 59.1 Å². The number of anilines is 1. The summed E-state index contributed by atoms with van der Waals surface area (Å²) < 4.78 is 50.7. The largest absolute Gasteiger partial charge is 0.573 e. The number of phenolic OH excluding ortho intramolecular Hbond substituents is 2. The van der Waals surface area contributed by atoms with Crippen LogP contribution in [-0.4, -0.2) is 63.8 Å². The van der Waals surface area contributed by atoms with Crippen LogP contribution in [0.4, 0.5) is 18.9 Å². The van der Waals surface area contributed by atoms with E-state index in [1.165, 1.54) is 42.3 Å². The minimum atomic E-state index is -5.12. The van der Waals surface area contributed by atoms with Crippen molar-refractivity contribution in [2.24, 2.45) is 23.7 Å². The zero-order chi connectivity index (χ0) is 41.3. The van der Waals surface area contributed by atoms with Gasteiger partial charge in [0.15, 0.2) is 0 Å². The fourth-order valence-electron chi connectivity index (χ4n) is 9.34. The summed E-state index contributed by atoms with van der Waals surface area (Å²) in [6.45, 7) is 0.0364. The van der Waals surface area contributed by atoms with Crippen LogP contribution in [0.25, 0.3) is 0 Å². The van der Waals surface area contributed by atoms with Gasteiger partial charge in [0.25, 0.3) is 11.8 Å². The first-order chi connectivity index (χ1) is 27.6. The number of likely N-dealkylation sites (tertiary alicyclic amines) is 1. The molecule has 2 saturated heterocycles. The van der Waals surface area contributed by atoms with Crippen molar-refractivity contribution in [1.82, 2.24) is 9.91 Å². The van der Waals surface area contributed by atoms with Crippen molar-refractivity contribution in [1.29, 1.82) is 0 Å². The molecule has 3 N–H and O–H groups in total. The molecule has 0 aromatic heterocycles. The molecule has 4 amide bonds. The van der Waals surface area contributed by atoms with E-state index in [2.05, 4.69) is 10.2 Å². The van der Waals surface area contributed by atoms with Gasteiger partial charge < -0.3 is 19.7 Å². The smallest absolute Gasteiger partial charge is 0.508 e. The molecule has 300 valence electrons. The van der Waals surface area contributed by atoms with E-state index in [0.29, 0.717) is 17.7 Å². The van der Waals surface area contributed by atoms with E-state index in [1.807, 2.05) is 0 Å². The van der Waals surface area contributed by atoms with Gasteiger partial charge in [-0.25, -0.2) is 0 Å². The molecule has 0 radical (unpaired) electrons. The summed E-state index contributed by atoms with van der Waals surface area (Å²) in [5.74, 6) is -8.48. The molecule has 0 bridgehead atoms. The van der Waals surface area contributed by atoms with E-state index >= 15 is 4.79 Å². The number of methoxy groups -OCH3 is 1. The molecular weight excluding hydrogens is 802 g/mol. The lowest BCUT2D eigenvalue weighted by atomic mass is 9.49. The lowest BCUT2D eigenvalue weighted by Gasteiger charge is -2.50. The highest BCUT2D eigenvalue weighted by Gasteiger charge is 2.70. The first-order valence-electron chi connectivity index (χ1n) is 18.3. The van der Waals surface area contributed by atoms with Crippen molar-refractivity contribution < 1.29 is 52.0 Å². The highest BCUT2D eigenvalue weighted by atomic mass is 35.5. The number of aromatic hydroxyl groups is 2. The lowest BCUT2D eigenvalue weighted by Crippen LogP contribution is -2.53. The SMILES string of the molecule is COc1ccc([C@@]23C(=O)N(Nc4ccc(Cl)cc4Cl)C(=O)[C@@H]2C[C@@H]2C(=CC[C@@H]4C(=O)N(CCc5ccc(O)cc5)C(=O)[C@@H]42)[C@@H]3c2cc(OC(F)(F)F)ccc2O)cc1. The number of phenols is 2. The highest BCUT2D eigenvalue weighted by molar-refractivity contribution is 6.36. The van der Waals surface area contributed by atoms with E-state index in [9.17, 15) is 37.8 Å². The number of carbonyl (C=O) groups is 4. The number of nitrogens with one attached hydrogen (secondary N) is 1. The Morgan fingerprint density at radius 3 is 2.24 bits per heavy atom. The number of carbonyl (C=O) groups excluding carboxylic acids is 4. The van der Waals surface area contributed by atoms with E-state index < -0.39 is 76.5 Å². The summed E-state index contributed by atoms with van der Waals surface area (Å²) in [6.07, 6.45) is -3.17. The molecule has 0 unspecified atom stereocenters. The third kappa shape index (κ3) is 6.48. The summed E-state index contributed by atoms with van der Waals surface area (Å²) in [6, 6.07) is 20.0. The highest BCUT2D eigenvalue weighted by Crippen LogP contribution is 2.65. The monoisotopic (exact) mass is 835 g/mol. The van der Waals surface area contributed by atoms with Crippen LogP contribution in [0.5, 0.6) is 23.0 Å². The van der Waals surface area contributed by atoms with E-state index in [-0.39, 0.29) is 52.0 Å². The van der Waals surface area contributed by atoms with Gasteiger partial charge in [-0.05, 0) is 97.0 Å². The number of alkyl halides is 3. The van der Waals surface area contributed by atoms with Gasteiger partial charge in [0, 0.05) is 23.0 Å². The summed E-state index contributed by atoms with van der Waals surface area (Å²) in [7, 11) is 1.44. The number of hydrogen-bond acceptors (Lipinski definition) is 9. The van der Waals surface area contributed by atoms with Crippen molar-refractivity contribution in [3.05, 3.63) is 123 Å². The van der Waals surface area contributed by atoms with Gasteiger partial charge in [-0.3, -0.25) is 29.5 Å². The number of imide groups is 2. The fourth-order valence-corrected chi connectivity index (χ4v) is 9.79. The van der Waals surface area contributed by atoms with Crippen molar-refractivity contribution in [2.75, 3.05) is 19.1 Å². The Morgan fingerprint density at radius 2 is 1.57 bits per heavy atom. The van der Waals surface area contributed by atoms with Gasteiger partial charge in [-0.2, -0.15) is 5.01 Å². The van der Waals surface area contributed by atoms with Crippen LogP contribution in [0, 0.1) is 23.7 Å². The topological polar surface area (TPSA) is 146 Å². The maximum atomic E-state index is 15.4. The number of fused-ring (bicyclic) bond motifs is 4. The quantitative estimate of drug-likeness (QED) is 0.115. The van der Waals surface area contributed by atoms with Crippen molar-refractivity contribution in [3.8, 4) is 23.0 Å². The molecule has 2 aliphatic heterocycles. The predicted octanol–water partition coefficient (Wildman–Crippen LogP) is 7.54. The summed E-state index contributed by atoms with van der Waals surface area (Å²) >= 11 is 12.6. The maximum absolute atomic E-state index is 15.4. The minimum absolute atomic E-state index is 0.0364. The molecule has 6 atom stereocenters. The maximum Gasteiger partial charge on any atom is 0.573 e. The molecule has 2 heterocycles. The first-order valence-corrected chi connectivity index (χ1v) is 19.0. The second-order valence-corrected chi connectivity index (χ2v) is 15.6. The predicted molar refractivity (Wildman–Crippen MR) is 204 cm³/mol. The number of ether oxygens (including phenoxy) is 2. The second kappa shape index (κ2) is 14.6. The molecule has 4 aromatic carbocycles. The average Bonchev–Trinajstić information content (AvgIpc) is 3.56. The average molecular weight is 837 g/mol. The molecule has 0 spiro atoms. The Kier molecular flexibility index (Phi) is 9.83. The molecule has 3 fully saturated rings. The number of amides is 4. The van der Waals surface area contributed by atoms with Crippen LogP contribution >= 0.6 is 23.2 Å². The van der Waals surface area contributed by atoms with Crippen molar-refractivity contribution in [2.45, 2.75) is 37.0 Å². The molecule has 4 aliphatic rings. The summed E-state index contributed by atoms with van der Waals surface area (Å²) in [5.41, 5.74) is 2.34.